The molecule has 110 valence electrons. The standard InChI is InChI=1S/C14H13F2N3O2/c1-3-21-14(20)9-7-18-13(19-11(9)12(15)16)10-6-8(2)4-5-17-10/h4-7,12H,3H2,1-2H3. The number of aryl methyl sites for hydroxylation is 1. The van der Waals surface area contributed by atoms with E-state index in [2.05, 4.69) is 15.0 Å². The van der Waals surface area contributed by atoms with Crippen LogP contribution in [0.2, 0.25) is 0 Å². The Labute approximate surface area is 120 Å². The van der Waals surface area contributed by atoms with E-state index in [0.717, 1.165) is 11.8 Å². The third kappa shape index (κ3) is 3.36. The summed E-state index contributed by atoms with van der Waals surface area (Å²) in [6, 6.07) is 3.44. The van der Waals surface area contributed by atoms with Crippen molar-refractivity contribution in [2.75, 3.05) is 6.61 Å². The first-order valence-electron chi connectivity index (χ1n) is 6.28. The second-order valence-electron chi connectivity index (χ2n) is 4.23. The highest BCUT2D eigenvalue weighted by Gasteiger charge is 2.23. The first-order valence-corrected chi connectivity index (χ1v) is 6.28. The molecule has 5 nitrogen and oxygen atoms in total. The zero-order valence-electron chi connectivity index (χ0n) is 11.5. The number of alkyl halides is 2. The van der Waals surface area contributed by atoms with Crippen LogP contribution in [-0.2, 0) is 4.74 Å². The molecule has 2 aromatic rings. The molecular weight excluding hydrogens is 280 g/mol. The van der Waals surface area contributed by atoms with E-state index in [1.54, 1.807) is 19.1 Å². The van der Waals surface area contributed by atoms with E-state index in [-0.39, 0.29) is 18.0 Å². The van der Waals surface area contributed by atoms with Gasteiger partial charge in [0, 0.05) is 12.4 Å². The molecule has 0 fully saturated rings. The predicted molar refractivity (Wildman–Crippen MR) is 70.9 cm³/mol. The van der Waals surface area contributed by atoms with Crippen LogP contribution < -0.4 is 0 Å². The van der Waals surface area contributed by atoms with Crippen molar-refractivity contribution < 1.29 is 18.3 Å². The summed E-state index contributed by atoms with van der Waals surface area (Å²) in [4.78, 5) is 23.3. The van der Waals surface area contributed by atoms with Crippen LogP contribution in [0.1, 0.15) is 35.0 Å². The van der Waals surface area contributed by atoms with Crippen LogP contribution in [0.15, 0.2) is 24.5 Å². The molecule has 0 amide bonds. The van der Waals surface area contributed by atoms with Crippen molar-refractivity contribution in [3.63, 3.8) is 0 Å². The van der Waals surface area contributed by atoms with Crippen LogP contribution in [0.25, 0.3) is 11.5 Å². The van der Waals surface area contributed by atoms with E-state index in [1.807, 2.05) is 6.92 Å². The van der Waals surface area contributed by atoms with Gasteiger partial charge in [-0.15, -0.1) is 0 Å². The Kier molecular flexibility index (Phi) is 4.52. The Morgan fingerprint density at radius 1 is 1.38 bits per heavy atom. The monoisotopic (exact) mass is 293 g/mol. The van der Waals surface area contributed by atoms with E-state index in [4.69, 9.17) is 4.74 Å². The first kappa shape index (κ1) is 15.0. The van der Waals surface area contributed by atoms with Gasteiger partial charge in [0.1, 0.15) is 17.0 Å². The van der Waals surface area contributed by atoms with Gasteiger partial charge < -0.3 is 4.74 Å². The molecule has 0 radical (unpaired) electrons. The number of esters is 1. The predicted octanol–water partition coefficient (Wildman–Crippen LogP) is 2.96. The lowest BCUT2D eigenvalue weighted by molar-refractivity contribution is 0.0513. The molecule has 0 unspecified atom stereocenters. The van der Waals surface area contributed by atoms with E-state index in [0.29, 0.717) is 5.69 Å². The Bertz CT molecular complexity index is 662. The number of nitrogens with zero attached hydrogens (tertiary/aromatic N) is 3. The third-order valence-corrected chi connectivity index (χ3v) is 2.66. The molecule has 0 aliphatic heterocycles. The molecular formula is C14H13F2N3O2. The van der Waals surface area contributed by atoms with Gasteiger partial charge in [-0.2, -0.15) is 0 Å². The maximum atomic E-state index is 13.1. The number of carbonyl (C=O) groups excluding carboxylic acids is 1. The van der Waals surface area contributed by atoms with Gasteiger partial charge in [0.15, 0.2) is 5.82 Å². The summed E-state index contributed by atoms with van der Waals surface area (Å²) in [6.07, 6.45) is -0.322. The van der Waals surface area contributed by atoms with Crippen LogP contribution in [-0.4, -0.2) is 27.5 Å². The molecule has 0 saturated carbocycles. The molecule has 0 atom stereocenters. The zero-order chi connectivity index (χ0) is 15.4. The van der Waals surface area contributed by atoms with Gasteiger partial charge in [-0.05, 0) is 31.5 Å². The molecule has 7 heteroatoms. The molecule has 2 rings (SSSR count). The van der Waals surface area contributed by atoms with Gasteiger partial charge in [0.2, 0.25) is 0 Å². The average molecular weight is 293 g/mol. The molecule has 0 bridgehead atoms. The van der Waals surface area contributed by atoms with E-state index in [1.165, 1.54) is 6.20 Å². The average Bonchev–Trinajstić information content (AvgIpc) is 2.46. The Morgan fingerprint density at radius 3 is 2.76 bits per heavy atom. The Hall–Kier alpha value is -2.44. The second-order valence-corrected chi connectivity index (χ2v) is 4.23. The number of aromatic nitrogens is 3. The highest BCUT2D eigenvalue weighted by Crippen LogP contribution is 2.24. The molecule has 0 spiro atoms. The van der Waals surface area contributed by atoms with Gasteiger partial charge in [-0.3, -0.25) is 4.98 Å². The lowest BCUT2D eigenvalue weighted by Crippen LogP contribution is -2.12. The van der Waals surface area contributed by atoms with Gasteiger partial charge in [0.05, 0.1) is 6.61 Å². The number of carbonyl (C=O) groups is 1. The number of pyridine rings is 1. The van der Waals surface area contributed by atoms with Crippen LogP contribution in [0.3, 0.4) is 0 Å². The quantitative estimate of drug-likeness (QED) is 0.811. The summed E-state index contributed by atoms with van der Waals surface area (Å²) in [5.41, 5.74) is 0.286. The van der Waals surface area contributed by atoms with E-state index in [9.17, 15) is 13.6 Å². The zero-order valence-corrected chi connectivity index (χ0v) is 11.5. The third-order valence-electron chi connectivity index (χ3n) is 2.66. The molecule has 0 aliphatic carbocycles. The van der Waals surface area contributed by atoms with Crippen molar-refractivity contribution in [2.24, 2.45) is 0 Å². The highest BCUT2D eigenvalue weighted by atomic mass is 19.3. The van der Waals surface area contributed by atoms with Crippen molar-refractivity contribution in [2.45, 2.75) is 20.3 Å². The van der Waals surface area contributed by atoms with Crippen LogP contribution in [0.5, 0.6) is 0 Å². The molecule has 2 heterocycles. The van der Waals surface area contributed by atoms with Crippen molar-refractivity contribution in [3.8, 4) is 11.5 Å². The number of hydrogen-bond donors (Lipinski definition) is 0. The molecule has 2 aromatic heterocycles. The lowest BCUT2D eigenvalue weighted by atomic mass is 10.2. The number of hydrogen-bond acceptors (Lipinski definition) is 5. The van der Waals surface area contributed by atoms with Gasteiger partial charge in [0.25, 0.3) is 6.43 Å². The van der Waals surface area contributed by atoms with Gasteiger partial charge in [-0.1, -0.05) is 0 Å². The van der Waals surface area contributed by atoms with Crippen LogP contribution in [0.4, 0.5) is 8.78 Å². The summed E-state index contributed by atoms with van der Waals surface area (Å²) in [7, 11) is 0. The minimum Gasteiger partial charge on any atom is -0.462 e. The Morgan fingerprint density at radius 2 is 2.14 bits per heavy atom. The summed E-state index contributed by atoms with van der Waals surface area (Å²) < 4.78 is 30.9. The summed E-state index contributed by atoms with van der Waals surface area (Å²) >= 11 is 0. The largest absolute Gasteiger partial charge is 0.462 e. The first-order chi connectivity index (χ1) is 10.0. The molecule has 0 N–H and O–H groups in total. The van der Waals surface area contributed by atoms with Crippen LogP contribution >= 0.6 is 0 Å². The van der Waals surface area contributed by atoms with Crippen molar-refractivity contribution in [3.05, 3.63) is 41.3 Å². The second kappa shape index (κ2) is 6.34. The van der Waals surface area contributed by atoms with Crippen molar-refractivity contribution in [1.82, 2.24) is 15.0 Å². The summed E-state index contributed by atoms with van der Waals surface area (Å²) in [5, 5.41) is 0. The maximum absolute atomic E-state index is 13.1. The van der Waals surface area contributed by atoms with Crippen molar-refractivity contribution in [1.29, 1.82) is 0 Å². The number of halogens is 2. The smallest absolute Gasteiger partial charge is 0.341 e. The molecule has 0 aliphatic rings. The lowest BCUT2D eigenvalue weighted by Gasteiger charge is -2.08. The van der Waals surface area contributed by atoms with Crippen molar-refractivity contribution >= 4 is 5.97 Å². The number of ether oxygens (including phenoxy) is 1. The van der Waals surface area contributed by atoms with E-state index < -0.39 is 18.1 Å². The molecule has 0 saturated heterocycles. The number of rotatable bonds is 4. The van der Waals surface area contributed by atoms with Crippen LogP contribution in [0, 0.1) is 6.92 Å². The van der Waals surface area contributed by atoms with Gasteiger partial charge >= 0.3 is 5.97 Å². The normalized spacial score (nSPS) is 10.7. The fourth-order valence-electron chi connectivity index (χ4n) is 1.71. The molecule has 0 aromatic carbocycles. The maximum Gasteiger partial charge on any atom is 0.341 e. The molecule has 21 heavy (non-hydrogen) atoms. The highest BCUT2D eigenvalue weighted by molar-refractivity contribution is 5.90. The summed E-state index contributed by atoms with van der Waals surface area (Å²) in [5.74, 6) is -0.821. The van der Waals surface area contributed by atoms with Gasteiger partial charge in [-0.25, -0.2) is 23.5 Å². The Balaban J connectivity index is 2.48. The minimum atomic E-state index is -2.91. The fourth-order valence-corrected chi connectivity index (χ4v) is 1.71. The van der Waals surface area contributed by atoms with E-state index >= 15 is 0 Å². The topological polar surface area (TPSA) is 65.0 Å². The summed E-state index contributed by atoms with van der Waals surface area (Å²) in [6.45, 7) is 3.51. The fraction of sp³-hybridized carbons (Fsp3) is 0.286. The SMILES string of the molecule is CCOC(=O)c1cnc(-c2cc(C)ccn2)nc1C(F)F. The minimum absolute atomic E-state index is 0.0436.